The van der Waals surface area contributed by atoms with Crippen molar-refractivity contribution in [3.63, 3.8) is 0 Å². The molecule has 4 aromatic rings. The summed E-state index contributed by atoms with van der Waals surface area (Å²) < 4.78 is 15.2. The lowest BCUT2D eigenvalue weighted by atomic mass is 10.3. The van der Waals surface area contributed by atoms with E-state index in [-0.39, 0.29) is 5.82 Å². The molecular weight excluding hydrogens is 359 g/mol. The van der Waals surface area contributed by atoms with E-state index in [4.69, 9.17) is 4.98 Å². The highest BCUT2D eigenvalue weighted by molar-refractivity contribution is 5.77. The second-order valence-electron chi connectivity index (χ2n) is 6.59. The number of hydrogen-bond acceptors (Lipinski definition) is 7. The Balaban J connectivity index is 1.59. The Morgan fingerprint density at radius 3 is 2.57 bits per heavy atom. The van der Waals surface area contributed by atoms with E-state index in [9.17, 15) is 4.39 Å². The predicted molar refractivity (Wildman–Crippen MR) is 104 cm³/mol. The van der Waals surface area contributed by atoms with Gasteiger partial charge in [-0.1, -0.05) is 0 Å². The summed E-state index contributed by atoms with van der Waals surface area (Å²) in [5.74, 6) is 1.44. The molecule has 2 N–H and O–H groups in total. The number of halogens is 1. The van der Waals surface area contributed by atoms with Crippen LogP contribution in [0.5, 0.6) is 0 Å². The highest BCUT2D eigenvalue weighted by atomic mass is 19.1. The average Bonchev–Trinajstić information content (AvgIpc) is 3.49. The first kappa shape index (κ1) is 16.5. The zero-order chi connectivity index (χ0) is 19.1. The molecule has 0 spiro atoms. The summed E-state index contributed by atoms with van der Waals surface area (Å²) in [6, 6.07) is 8.26. The summed E-state index contributed by atoms with van der Waals surface area (Å²) >= 11 is 0. The molecule has 0 unspecified atom stereocenters. The van der Waals surface area contributed by atoms with Gasteiger partial charge in [-0.25, -0.2) is 24.3 Å². The van der Waals surface area contributed by atoms with Crippen LogP contribution in [-0.2, 0) is 0 Å². The molecule has 0 atom stereocenters. The van der Waals surface area contributed by atoms with E-state index in [1.54, 1.807) is 31.6 Å². The Kier molecular flexibility index (Phi) is 3.85. The fraction of sp³-hybridized carbons (Fsp3) is 0.211. The average molecular weight is 376 g/mol. The normalized spacial score (nSPS) is 13.6. The van der Waals surface area contributed by atoms with E-state index in [1.165, 1.54) is 12.1 Å². The van der Waals surface area contributed by atoms with Crippen LogP contribution >= 0.6 is 0 Å². The number of aromatic nitrogens is 6. The van der Waals surface area contributed by atoms with Gasteiger partial charge in [0.25, 0.3) is 0 Å². The number of hydrogen-bond donors (Lipinski definition) is 2. The van der Waals surface area contributed by atoms with Gasteiger partial charge in [-0.05, 0) is 43.2 Å². The maximum absolute atomic E-state index is 13.1. The maximum atomic E-state index is 13.1. The van der Waals surface area contributed by atoms with Crippen LogP contribution in [0.2, 0.25) is 0 Å². The van der Waals surface area contributed by atoms with Gasteiger partial charge in [0.1, 0.15) is 17.0 Å². The van der Waals surface area contributed by atoms with E-state index in [1.807, 2.05) is 6.07 Å². The smallest absolute Gasteiger partial charge is 0.229 e. The molecule has 9 heteroatoms. The van der Waals surface area contributed by atoms with Gasteiger partial charge >= 0.3 is 0 Å². The molecule has 3 aromatic heterocycles. The lowest BCUT2D eigenvalue weighted by Gasteiger charge is -2.08. The van der Waals surface area contributed by atoms with Gasteiger partial charge in [0, 0.05) is 25.0 Å². The Morgan fingerprint density at radius 2 is 1.82 bits per heavy atom. The summed E-state index contributed by atoms with van der Waals surface area (Å²) in [6.45, 7) is 0. The fourth-order valence-corrected chi connectivity index (χ4v) is 3.08. The van der Waals surface area contributed by atoms with Crippen molar-refractivity contribution in [3.8, 4) is 11.5 Å². The molecule has 0 amide bonds. The standard InChI is InChI=1S/C19H17FN8/c1-21-18-22-9-8-14(26-18)16-25-15-10-23-19(24-12-4-2-11(20)3-5-12)27-17(15)28(16)13-6-7-13/h2-5,8-10,13H,6-7H2,1H3,(H,21,22,26)(H,23,24,27). The Bertz CT molecular complexity index is 1150. The molecule has 8 nitrogen and oxygen atoms in total. The highest BCUT2D eigenvalue weighted by Crippen LogP contribution is 2.40. The first-order chi connectivity index (χ1) is 13.7. The number of benzene rings is 1. The van der Waals surface area contributed by atoms with Crippen LogP contribution < -0.4 is 10.6 Å². The van der Waals surface area contributed by atoms with E-state index in [2.05, 4.69) is 35.1 Å². The number of imidazole rings is 1. The van der Waals surface area contributed by atoms with Crippen LogP contribution in [0.15, 0.2) is 42.7 Å². The van der Waals surface area contributed by atoms with Crippen molar-refractivity contribution in [2.45, 2.75) is 18.9 Å². The van der Waals surface area contributed by atoms with Gasteiger partial charge in [-0.15, -0.1) is 0 Å². The third-order valence-corrected chi connectivity index (χ3v) is 4.55. The van der Waals surface area contributed by atoms with E-state index in [0.717, 1.165) is 30.0 Å². The minimum Gasteiger partial charge on any atom is -0.357 e. The van der Waals surface area contributed by atoms with Crippen LogP contribution in [0.3, 0.4) is 0 Å². The molecule has 5 rings (SSSR count). The summed E-state index contributed by atoms with van der Waals surface area (Å²) in [6.07, 6.45) is 5.55. The van der Waals surface area contributed by atoms with Gasteiger partial charge in [0.2, 0.25) is 11.9 Å². The highest BCUT2D eigenvalue weighted by Gasteiger charge is 2.30. The molecule has 3 heterocycles. The molecule has 140 valence electrons. The number of rotatable bonds is 5. The van der Waals surface area contributed by atoms with Crippen molar-refractivity contribution in [3.05, 3.63) is 48.5 Å². The number of fused-ring (bicyclic) bond motifs is 1. The second-order valence-corrected chi connectivity index (χ2v) is 6.59. The second kappa shape index (κ2) is 6.52. The summed E-state index contributed by atoms with van der Waals surface area (Å²) in [5, 5.41) is 6.06. The van der Waals surface area contributed by atoms with Crippen LogP contribution in [-0.4, -0.2) is 36.5 Å². The minimum atomic E-state index is -0.288. The van der Waals surface area contributed by atoms with Gasteiger partial charge in [0.15, 0.2) is 11.5 Å². The van der Waals surface area contributed by atoms with Crippen molar-refractivity contribution in [1.82, 2.24) is 29.5 Å². The molecular formula is C19H17FN8. The first-order valence-corrected chi connectivity index (χ1v) is 9.00. The minimum absolute atomic E-state index is 0.288. The van der Waals surface area contributed by atoms with Crippen molar-refractivity contribution in [1.29, 1.82) is 0 Å². The lowest BCUT2D eigenvalue weighted by molar-refractivity contribution is 0.628. The molecule has 1 saturated carbocycles. The van der Waals surface area contributed by atoms with Crippen molar-refractivity contribution in [2.24, 2.45) is 0 Å². The fourth-order valence-electron chi connectivity index (χ4n) is 3.08. The van der Waals surface area contributed by atoms with Crippen LogP contribution in [0.1, 0.15) is 18.9 Å². The molecule has 1 aromatic carbocycles. The van der Waals surface area contributed by atoms with Gasteiger partial charge in [-0.2, -0.15) is 4.98 Å². The molecule has 28 heavy (non-hydrogen) atoms. The molecule has 0 aliphatic heterocycles. The molecule has 1 fully saturated rings. The van der Waals surface area contributed by atoms with E-state index >= 15 is 0 Å². The quantitative estimate of drug-likeness (QED) is 0.550. The number of nitrogens with one attached hydrogen (secondary N) is 2. The summed E-state index contributed by atoms with van der Waals surface area (Å²) in [4.78, 5) is 22.4. The van der Waals surface area contributed by atoms with Gasteiger partial charge in [0.05, 0.1) is 6.20 Å². The maximum Gasteiger partial charge on any atom is 0.229 e. The van der Waals surface area contributed by atoms with Gasteiger partial charge in [-0.3, -0.25) is 0 Å². The Hall–Kier alpha value is -3.62. The largest absolute Gasteiger partial charge is 0.357 e. The number of anilines is 3. The topological polar surface area (TPSA) is 93.4 Å². The summed E-state index contributed by atoms with van der Waals surface area (Å²) in [7, 11) is 1.78. The zero-order valence-corrected chi connectivity index (χ0v) is 15.1. The van der Waals surface area contributed by atoms with E-state index in [0.29, 0.717) is 29.1 Å². The lowest BCUT2D eigenvalue weighted by Crippen LogP contribution is -2.03. The van der Waals surface area contributed by atoms with Gasteiger partial charge < -0.3 is 15.2 Å². The molecule has 1 aliphatic rings. The Morgan fingerprint density at radius 1 is 1.00 bits per heavy atom. The zero-order valence-electron chi connectivity index (χ0n) is 15.1. The molecule has 0 radical (unpaired) electrons. The van der Waals surface area contributed by atoms with Crippen LogP contribution in [0.4, 0.5) is 22.0 Å². The third kappa shape index (κ3) is 3.00. The molecule has 0 bridgehead atoms. The molecule has 1 aliphatic carbocycles. The Labute approximate surface area is 159 Å². The third-order valence-electron chi connectivity index (χ3n) is 4.55. The van der Waals surface area contributed by atoms with E-state index < -0.39 is 0 Å². The van der Waals surface area contributed by atoms with Crippen molar-refractivity contribution >= 4 is 28.7 Å². The number of nitrogens with zero attached hydrogens (tertiary/aromatic N) is 6. The van der Waals surface area contributed by atoms with Crippen LogP contribution in [0, 0.1) is 5.82 Å². The van der Waals surface area contributed by atoms with Crippen LogP contribution in [0.25, 0.3) is 22.7 Å². The first-order valence-electron chi connectivity index (χ1n) is 9.00. The molecule has 0 saturated heterocycles. The SMILES string of the molecule is CNc1nccc(-c2nc3cnc(Nc4ccc(F)cc4)nc3n2C2CC2)n1. The van der Waals surface area contributed by atoms with Crippen molar-refractivity contribution in [2.75, 3.05) is 17.7 Å². The monoisotopic (exact) mass is 376 g/mol. The predicted octanol–water partition coefficient (Wildman–Crippen LogP) is 3.54. The van der Waals surface area contributed by atoms with Crippen molar-refractivity contribution < 1.29 is 4.39 Å². The summed E-state index contributed by atoms with van der Waals surface area (Å²) in [5.41, 5.74) is 2.91.